The molecule has 0 bridgehead atoms. The van der Waals surface area contributed by atoms with Crippen molar-refractivity contribution in [1.82, 2.24) is 0 Å². The van der Waals surface area contributed by atoms with Crippen LogP contribution in [0.15, 0.2) is 24.8 Å². The van der Waals surface area contributed by atoms with Crippen LogP contribution in [0.2, 0.25) is 18.1 Å². The fraction of sp³-hybridized carbons (Fsp3) is 0.750. The maximum Gasteiger partial charge on any atom is 0.191 e. The largest absolute Gasteiger partial charge is 0.417 e. The molecule has 3 atom stereocenters. The Hall–Kier alpha value is -0.673. The highest BCUT2D eigenvalue weighted by atomic mass is 28.4. The van der Waals surface area contributed by atoms with Crippen LogP contribution in [0.1, 0.15) is 53.4 Å². The Balaban J connectivity index is 2.93. The van der Waals surface area contributed by atoms with Gasteiger partial charge in [0.05, 0.1) is 0 Å². The Kier molecular flexibility index (Phi) is 6.62. The van der Waals surface area contributed by atoms with Gasteiger partial charge in [-0.2, -0.15) is 0 Å². The molecule has 1 saturated carbocycles. The van der Waals surface area contributed by atoms with Crippen LogP contribution in [0, 0.1) is 17.3 Å². The summed E-state index contributed by atoms with van der Waals surface area (Å²) in [6, 6.07) is 0. The zero-order valence-electron chi connectivity index (χ0n) is 16.1. The van der Waals surface area contributed by atoms with Crippen molar-refractivity contribution in [3.05, 3.63) is 24.8 Å². The Morgan fingerprint density at radius 3 is 2.39 bits per heavy atom. The average molecular weight is 337 g/mol. The lowest BCUT2D eigenvalue weighted by atomic mass is 9.61. The number of carbonyl (C=O) groups is 1. The highest BCUT2D eigenvalue weighted by molar-refractivity contribution is 6.74. The van der Waals surface area contributed by atoms with Crippen molar-refractivity contribution >= 4 is 14.6 Å². The molecule has 0 heterocycles. The Bertz CT molecular complexity index is 447. The molecule has 0 saturated heterocycles. The minimum Gasteiger partial charge on any atom is -0.417 e. The normalized spacial score (nSPS) is 29.1. The van der Waals surface area contributed by atoms with Gasteiger partial charge in [-0.25, -0.2) is 0 Å². The molecule has 1 fully saturated rings. The van der Waals surface area contributed by atoms with Gasteiger partial charge in [0.1, 0.15) is 6.29 Å². The predicted molar refractivity (Wildman–Crippen MR) is 102 cm³/mol. The van der Waals surface area contributed by atoms with Gasteiger partial charge >= 0.3 is 0 Å². The lowest BCUT2D eigenvalue weighted by Crippen LogP contribution is -2.46. The van der Waals surface area contributed by atoms with Crippen LogP contribution in [0.25, 0.3) is 0 Å². The van der Waals surface area contributed by atoms with Gasteiger partial charge in [-0.15, -0.1) is 6.58 Å². The highest BCUT2D eigenvalue weighted by Crippen LogP contribution is 2.48. The summed E-state index contributed by atoms with van der Waals surface area (Å²) < 4.78 is 6.46. The fourth-order valence-corrected chi connectivity index (χ4v) is 4.37. The Labute approximate surface area is 144 Å². The van der Waals surface area contributed by atoms with Crippen LogP contribution in [-0.4, -0.2) is 21.2 Å². The second kappa shape index (κ2) is 7.48. The third-order valence-corrected chi connectivity index (χ3v) is 10.7. The summed E-state index contributed by atoms with van der Waals surface area (Å²) in [5.74, 6) is 0.743. The van der Waals surface area contributed by atoms with Crippen LogP contribution in [0.4, 0.5) is 0 Å². The first-order valence-corrected chi connectivity index (χ1v) is 11.8. The van der Waals surface area contributed by atoms with E-state index in [0.29, 0.717) is 18.4 Å². The molecular formula is C20H36O2Si. The van der Waals surface area contributed by atoms with Crippen LogP contribution in [-0.2, 0) is 9.22 Å². The average Bonchev–Trinajstić information content (AvgIpc) is 2.44. The second-order valence-electron chi connectivity index (χ2n) is 8.94. The molecule has 132 valence electrons. The number of allylic oxidation sites excluding steroid dienone is 2. The first kappa shape index (κ1) is 20.4. The zero-order valence-corrected chi connectivity index (χ0v) is 17.1. The molecule has 0 amide bonds. The molecule has 0 N–H and O–H groups in total. The van der Waals surface area contributed by atoms with Gasteiger partial charge < -0.3 is 9.22 Å². The molecule has 0 aromatic heterocycles. The molecule has 1 rings (SSSR count). The maximum atomic E-state index is 12.1. The quantitative estimate of drug-likeness (QED) is 0.335. The van der Waals surface area contributed by atoms with Crippen molar-refractivity contribution in [1.29, 1.82) is 0 Å². The summed E-state index contributed by atoms with van der Waals surface area (Å²) in [6.45, 7) is 22.1. The lowest BCUT2D eigenvalue weighted by molar-refractivity contribution is -0.123. The number of rotatable bonds is 7. The summed E-state index contributed by atoms with van der Waals surface area (Å²) in [5.41, 5.74) is 0.871. The molecule has 1 aliphatic rings. The summed E-state index contributed by atoms with van der Waals surface area (Å²) in [5, 5.41) is 0.199. The van der Waals surface area contributed by atoms with E-state index in [4.69, 9.17) is 4.43 Å². The summed E-state index contributed by atoms with van der Waals surface area (Å²) in [6.07, 6.45) is 6.87. The molecule has 1 aliphatic carbocycles. The van der Waals surface area contributed by atoms with Crippen LogP contribution >= 0.6 is 0 Å². The van der Waals surface area contributed by atoms with Gasteiger partial charge in [0.15, 0.2) is 8.32 Å². The Morgan fingerprint density at radius 1 is 1.35 bits per heavy atom. The van der Waals surface area contributed by atoms with E-state index < -0.39 is 8.32 Å². The van der Waals surface area contributed by atoms with Crippen molar-refractivity contribution < 1.29 is 9.22 Å². The number of hydrogen-bond acceptors (Lipinski definition) is 2. The van der Waals surface area contributed by atoms with E-state index in [-0.39, 0.29) is 10.5 Å². The van der Waals surface area contributed by atoms with Gasteiger partial charge in [0.2, 0.25) is 0 Å². The maximum absolute atomic E-state index is 12.1. The van der Waals surface area contributed by atoms with Gasteiger partial charge in [0, 0.05) is 12.0 Å². The number of aldehydes is 1. The minimum absolute atomic E-state index is 0.199. The van der Waals surface area contributed by atoms with Crippen LogP contribution in [0.3, 0.4) is 0 Å². The first-order valence-electron chi connectivity index (χ1n) is 8.85. The van der Waals surface area contributed by atoms with Crippen molar-refractivity contribution in [3.8, 4) is 0 Å². The Morgan fingerprint density at radius 2 is 1.96 bits per heavy atom. The molecule has 0 unspecified atom stereocenters. The molecule has 0 spiro atoms. The predicted octanol–water partition coefficient (Wildman–Crippen LogP) is 5.76. The van der Waals surface area contributed by atoms with E-state index in [0.717, 1.165) is 25.7 Å². The van der Waals surface area contributed by atoms with Gasteiger partial charge in [0.25, 0.3) is 0 Å². The van der Waals surface area contributed by atoms with Gasteiger partial charge in [-0.05, 0) is 62.6 Å². The zero-order chi connectivity index (χ0) is 17.9. The second-order valence-corrected chi connectivity index (χ2v) is 13.7. The summed E-state index contributed by atoms with van der Waals surface area (Å²) in [4.78, 5) is 12.1. The van der Waals surface area contributed by atoms with Crippen molar-refractivity contribution in [2.24, 2.45) is 17.3 Å². The molecule has 0 aromatic carbocycles. The smallest absolute Gasteiger partial charge is 0.191 e. The molecule has 0 aliphatic heterocycles. The third kappa shape index (κ3) is 4.66. The number of hydrogen-bond donors (Lipinski definition) is 0. The number of carbonyl (C=O) groups excluding carboxylic acids is 1. The molecule has 23 heavy (non-hydrogen) atoms. The molecular weight excluding hydrogens is 300 g/mol. The van der Waals surface area contributed by atoms with E-state index in [1.807, 2.05) is 6.08 Å². The third-order valence-electron chi connectivity index (χ3n) is 6.21. The van der Waals surface area contributed by atoms with Crippen LogP contribution < -0.4 is 0 Å². The van der Waals surface area contributed by atoms with E-state index in [2.05, 4.69) is 53.9 Å². The van der Waals surface area contributed by atoms with E-state index in [9.17, 15) is 4.79 Å². The molecule has 0 aromatic rings. The topological polar surface area (TPSA) is 26.3 Å². The molecule has 2 nitrogen and oxygen atoms in total. The standard InChI is InChI=1S/C20H36O2Si/c1-9-12-20(15-21)13-17(16(2)3)10-11-18(20)14-22-23(7,8)19(4,5)6/h9,15,17-18H,1-2,10-14H2,3-8H3/t17-,18+,20-/m0/s1. The van der Waals surface area contributed by atoms with E-state index >= 15 is 0 Å². The summed E-state index contributed by atoms with van der Waals surface area (Å²) in [7, 11) is -1.79. The van der Waals surface area contributed by atoms with Crippen LogP contribution in [0.5, 0.6) is 0 Å². The molecule has 3 heteroatoms. The van der Waals surface area contributed by atoms with Gasteiger partial charge in [-0.1, -0.05) is 39.0 Å². The van der Waals surface area contributed by atoms with E-state index in [1.165, 1.54) is 11.9 Å². The fourth-order valence-electron chi connectivity index (χ4n) is 3.32. The lowest BCUT2D eigenvalue weighted by Gasteiger charge is -2.45. The van der Waals surface area contributed by atoms with E-state index in [1.54, 1.807) is 0 Å². The minimum atomic E-state index is -1.79. The summed E-state index contributed by atoms with van der Waals surface area (Å²) >= 11 is 0. The van der Waals surface area contributed by atoms with Gasteiger partial charge in [-0.3, -0.25) is 0 Å². The monoisotopic (exact) mass is 336 g/mol. The van der Waals surface area contributed by atoms with Crippen molar-refractivity contribution in [2.45, 2.75) is 71.5 Å². The molecule has 0 radical (unpaired) electrons. The highest BCUT2D eigenvalue weighted by Gasteiger charge is 2.45. The SMILES string of the molecule is C=CC[C@@]1(C=O)C[C@@H](C(=C)C)CC[C@@H]1CO[Si](C)(C)C(C)(C)C. The van der Waals surface area contributed by atoms with Crippen molar-refractivity contribution in [3.63, 3.8) is 0 Å². The van der Waals surface area contributed by atoms with Crippen molar-refractivity contribution in [2.75, 3.05) is 6.61 Å². The first-order chi connectivity index (χ1) is 10.5.